The summed E-state index contributed by atoms with van der Waals surface area (Å²) in [4.78, 5) is 63.8. The van der Waals surface area contributed by atoms with Gasteiger partial charge in [0.2, 0.25) is 0 Å². The lowest BCUT2D eigenvalue weighted by molar-refractivity contribution is -0.143. The summed E-state index contributed by atoms with van der Waals surface area (Å²) in [5.74, 6) is 4.19. The number of nitrogens with two attached hydrogens (primary N) is 3. The zero-order valence-electron chi connectivity index (χ0n) is 21.1. The fraction of sp³-hybridized carbons (Fsp3) is 0.611. The van der Waals surface area contributed by atoms with E-state index in [4.69, 9.17) is 36.5 Å². The van der Waals surface area contributed by atoms with Gasteiger partial charge in [0.25, 0.3) is 0 Å². The van der Waals surface area contributed by atoms with Gasteiger partial charge in [-0.25, -0.2) is 18.5 Å². The molecule has 1 aromatic rings. The molecule has 1 saturated heterocycles. The van der Waals surface area contributed by atoms with Crippen LogP contribution in [0.5, 0.6) is 0 Å². The fourth-order valence-electron chi connectivity index (χ4n) is 3.26. The van der Waals surface area contributed by atoms with E-state index in [9.17, 15) is 38.2 Å². The van der Waals surface area contributed by atoms with E-state index >= 15 is 0 Å². The number of phosphoric acid groups is 3. The minimum atomic E-state index is -5.74. The van der Waals surface area contributed by atoms with Gasteiger partial charge in [0, 0.05) is 12.6 Å². The van der Waals surface area contributed by atoms with E-state index in [1.54, 1.807) is 0 Å². The molecule has 23 heteroatoms. The summed E-state index contributed by atoms with van der Waals surface area (Å²) < 4.78 is 57.0. The molecule has 232 valence electrons. The van der Waals surface area contributed by atoms with Gasteiger partial charge < -0.3 is 51.4 Å². The summed E-state index contributed by atoms with van der Waals surface area (Å²) in [6, 6.07) is -0.840. The van der Waals surface area contributed by atoms with Crippen LogP contribution in [0.25, 0.3) is 0 Å². The molecule has 11 N–H and O–H groups in total. The van der Waals surface area contributed by atoms with Crippen molar-refractivity contribution in [3.8, 4) is 11.8 Å². The lowest BCUT2D eigenvalue weighted by Gasteiger charge is -2.19. The number of aromatic nitrogens is 2. The number of hydrogen-bond donors (Lipinski definition) is 8. The first kappa shape index (κ1) is 35.2. The maximum atomic E-state index is 12.4. The van der Waals surface area contributed by atoms with Crippen LogP contribution in [0.1, 0.15) is 37.5 Å². The second-order valence-corrected chi connectivity index (χ2v) is 12.8. The number of nitrogens with zero attached hydrogens (tertiary/aromatic N) is 2. The Morgan fingerprint density at radius 2 is 1.88 bits per heavy atom. The highest BCUT2D eigenvalue weighted by molar-refractivity contribution is 7.66. The van der Waals surface area contributed by atoms with Crippen LogP contribution < -0.4 is 22.9 Å². The van der Waals surface area contributed by atoms with Gasteiger partial charge in [-0.3, -0.25) is 13.9 Å². The molecule has 2 rings (SSSR count). The fourth-order valence-corrected chi connectivity index (χ4v) is 6.29. The molecule has 1 aliphatic heterocycles. The third kappa shape index (κ3) is 12.0. The van der Waals surface area contributed by atoms with E-state index in [1.165, 1.54) is 0 Å². The van der Waals surface area contributed by atoms with Crippen molar-refractivity contribution in [1.82, 2.24) is 9.55 Å². The van der Waals surface area contributed by atoms with Crippen LogP contribution >= 0.6 is 23.5 Å². The summed E-state index contributed by atoms with van der Waals surface area (Å²) in [7, 11) is -16.8. The van der Waals surface area contributed by atoms with E-state index in [0.29, 0.717) is 25.8 Å². The maximum absolute atomic E-state index is 12.4. The van der Waals surface area contributed by atoms with Gasteiger partial charge in [-0.15, -0.1) is 0 Å². The van der Waals surface area contributed by atoms with Crippen molar-refractivity contribution in [2.75, 3.05) is 25.5 Å². The number of phosphoric ester groups is 1. The molecule has 2 heterocycles. The van der Waals surface area contributed by atoms with Crippen molar-refractivity contribution in [2.45, 2.75) is 50.2 Å². The van der Waals surface area contributed by atoms with Crippen molar-refractivity contribution in [1.29, 1.82) is 0 Å². The SMILES string of the molecule is NCCCCC(N)C(=O)OCC#Cc1cn([C@H]2C[C@@H](O)[C@@H](COP(=O)(O)OP(=O)(O)OP(=O)(O)O)O2)c(=O)nc1N. The minimum absolute atomic E-state index is 0.0303. The van der Waals surface area contributed by atoms with E-state index < -0.39 is 66.2 Å². The second-order valence-electron chi connectivity index (χ2n) is 8.35. The van der Waals surface area contributed by atoms with Crippen molar-refractivity contribution in [2.24, 2.45) is 11.5 Å². The number of carbonyl (C=O) groups is 1. The highest BCUT2D eigenvalue weighted by Crippen LogP contribution is 2.66. The predicted molar refractivity (Wildman–Crippen MR) is 136 cm³/mol. The van der Waals surface area contributed by atoms with E-state index in [-0.39, 0.29) is 24.4 Å². The molecule has 3 unspecified atom stereocenters. The Morgan fingerprint density at radius 1 is 1.20 bits per heavy atom. The summed E-state index contributed by atoms with van der Waals surface area (Å²) in [5, 5.41) is 10.3. The molecule has 20 nitrogen and oxygen atoms in total. The standard InChI is InChI=1S/C18H30N5O15P3/c19-6-2-1-5-12(20)17(25)34-7-3-4-11-9-23(18(26)22-16(11)21)15-8-13(24)14(36-15)10-35-40(30,31)38-41(32,33)37-39(27,28)29/h9,12-15,24H,1-2,5-8,10,19-20H2,(H,30,31)(H,32,33)(H2,21,22,26)(H2,27,28,29)/t12?,13-,14-,15-/m1/s1. The van der Waals surface area contributed by atoms with E-state index in [2.05, 4.69) is 30.0 Å². The summed E-state index contributed by atoms with van der Waals surface area (Å²) in [6.45, 7) is -0.813. The number of anilines is 1. The number of rotatable bonds is 14. The number of esters is 1. The van der Waals surface area contributed by atoms with Gasteiger partial charge in [0.05, 0.1) is 18.3 Å². The Bertz CT molecular complexity index is 1340. The normalized spacial score (nSPS) is 22.7. The highest BCUT2D eigenvalue weighted by Gasteiger charge is 2.43. The second kappa shape index (κ2) is 14.9. The van der Waals surface area contributed by atoms with Crippen molar-refractivity contribution in [3.05, 3.63) is 22.2 Å². The number of aliphatic hydroxyl groups excluding tert-OH is 1. The first-order valence-corrected chi connectivity index (χ1v) is 16.1. The van der Waals surface area contributed by atoms with Crippen LogP contribution in [-0.4, -0.2) is 78.2 Å². The molecule has 1 aliphatic rings. The molecule has 1 aromatic heterocycles. The third-order valence-electron chi connectivity index (χ3n) is 5.10. The van der Waals surface area contributed by atoms with Crippen molar-refractivity contribution < 1.29 is 65.8 Å². The lowest BCUT2D eigenvalue weighted by Crippen LogP contribution is -2.32. The number of aliphatic hydroxyl groups is 1. The molecule has 0 aliphatic carbocycles. The molecule has 0 aromatic carbocycles. The molecule has 0 spiro atoms. The van der Waals surface area contributed by atoms with Gasteiger partial charge in [0.15, 0.2) is 6.61 Å². The van der Waals surface area contributed by atoms with Gasteiger partial charge in [-0.1, -0.05) is 18.3 Å². The van der Waals surface area contributed by atoms with Gasteiger partial charge in [-0.05, 0) is 19.4 Å². The first-order chi connectivity index (χ1) is 18.9. The third-order valence-corrected chi connectivity index (χ3v) is 8.90. The lowest BCUT2D eigenvalue weighted by atomic mass is 10.1. The van der Waals surface area contributed by atoms with Crippen molar-refractivity contribution >= 4 is 35.3 Å². The van der Waals surface area contributed by atoms with Crippen LogP contribution in [0, 0.1) is 11.8 Å². The number of nitrogen functional groups attached to an aromatic ring is 1. The number of unbranched alkanes of at least 4 members (excludes halogenated alkanes) is 1. The van der Waals surface area contributed by atoms with Crippen molar-refractivity contribution in [3.63, 3.8) is 0 Å². The average molecular weight is 649 g/mol. The zero-order chi connectivity index (χ0) is 31.0. The number of carbonyl (C=O) groups excluding carboxylic acids is 1. The molecular weight excluding hydrogens is 619 g/mol. The van der Waals surface area contributed by atoms with Crippen LogP contribution in [0.15, 0.2) is 11.0 Å². The smallest absolute Gasteiger partial charge is 0.451 e. The monoisotopic (exact) mass is 649 g/mol. The molecule has 6 atom stereocenters. The average Bonchev–Trinajstić information content (AvgIpc) is 3.19. The summed E-state index contributed by atoms with van der Waals surface area (Å²) in [5.41, 5.74) is 16.0. The van der Waals surface area contributed by atoms with Gasteiger partial charge >= 0.3 is 35.1 Å². The number of ether oxygens (including phenoxy) is 2. The molecule has 0 radical (unpaired) electrons. The first-order valence-electron chi connectivity index (χ1n) is 11.5. The topological polar surface area (TPSA) is 329 Å². The Morgan fingerprint density at radius 3 is 2.51 bits per heavy atom. The molecule has 0 amide bonds. The highest BCUT2D eigenvalue weighted by atomic mass is 31.3. The van der Waals surface area contributed by atoms with Gasteiger partial charge in [-0.2, -0.15) is 13.6 Å². The Hall–Kier alpha value is -2.04. The predicted octanol–water partition coefficient (Wildman–Crippen LogP) is -1.83. The molecule has 41 heavy (non-hydrogen) atoms. The van der Waals surface area contributed by atoms with E-state index in [1.807, 2.05) is 0 Å². The van der Waals surface area contributed by atoms with E-state index in [0.717, 1.165) is 10.8 Å². The Labute approximate surface area is 232 Å². The maximum Gasteiger partial charge on any atom is 0.490 e. The zero-order valence-corrected chi connectivity index (χ0v) is 23.8. The summed E-state index contributed by atoms with van der Waals surface area (Å²) in [6.07, 6.45) is -1.36. The Balaban J connectivity index is 2.02. The largest absolute Gasteiger partial charge is 0.490 e. The quantitative estimate of drug-likeness (QED) is 0.0475. The number of hydrogen-bond acceptors (Lipinski definition) is 15. The van der Waals surface area contributed by atoms with Gasteiger partial charge in [0.1, 0.15) is 24.2 Å². The summed E-state index contributed by atoms with van der Waals surface area (Å²) >= 11 is 0. The Kier molecular flexibility index (Phi) is 12.8. The molecular formula is C18H30N5O15P3. The van der Waals surface area contributed by atoms with Crippen LogP contribution in [0.2, 0.25) is 0 Å². The molecule has 0 saturated carbocycles. The van der Waals surface area contributed by atoms with Crippen LogP contribution in [0.4, 0.5) is 5.82 Å². The molecule has 0 bridgehead atoms. The van der Waals surface area contributed by atoms with Crippen LogP contribution in [-0.2, 0) is 41.1 Å². The minimum Gasteiger partial charge on any atom is -0.451 e. The van der Waals surface area contributed by atoms with Crippen LogP contribution in [0.3, 0.4) is 0 Å². The molecule has 1 fully saturated rings.